The average Bonchev–Trinajstić information content (AvgIpc) is 3.19. The molecule has 0 bridgehead atoms. The highest BCUT2D eigenvalue weighted by Gasteiger charge is 2.11. The third kappa shape index (κ3) is 11.2. The summed E-state index contributed by atoms with van der Waals surface area (Å²) in [6, 6.07) is 52.0. The molecular formula is C46H48N4S2+2. The van der Waals surface area contributed by atoms with E-state index in [-0.39, 0.29) is 0 Å². The van der Waals surface area contributed by atoms with Gasteiger partial charge in [0.05, 0.1) is 0 Å². The van der Waals surface area contributed by atoms with Crippen LogP contribution >= 0.6 is 21.6 Å². The van der Waals surface area contributed by atoms with Gasteiger partial charge in [-0.25, -0.2) is 9.13 Å². The van der Waals surface area contributed by atoms with Crippen molar-refractivity contribution >= 4 is 57.3 Å². The molecule has 0 aliphatic heterocycles. The highest BCUT2D eigenvalue weighted by atomic mass is 33.1. The van der Waals surface area contributed by atoms with E-state index in [2.05, 4.69) is 215 Å². The largest absolute Gasteiger partial charge is 0.366 e. The summed E-state index contributed by atoms with van der Waals surface area (Å²) in [4.78, 5) is 5.01. The van der Waals surface area contributed by atoms with Crippen LogP contribution in [0.1, 0.15) is 33.6 Å². The first kappa shape index (κ1) is 36.7. The maximum atomic E-state index is 2.50. The van der Waals surface area contributed by atoms with Crippen LogP contribution in [0, 0.1) is 0 Å². The highest BCUT2D eigenvalue weighted by Crippen LogP contribution is 2.26. The molecule has 0 fully saturated rings. The fourth-order valence-corrected chi connectivity index (χ4v) is 7.97. The number of hydrogen-bond donors (Lipinski definition) is 0. The van der Waals surface area contributed by atoms with Crippen molar-refractivity contribution in [3.05, 3.63) is 192 Å². The van der Waals surface area contributed by atoms with Gasteiger partial charge in [0.15, 0.2) is 12.4 Å². The van der Waals surface area contributed by atoms with Crippen LogP contribution in [-0.4, -0.2) is 24.6 Å². The molecule has 2 aromatic heterocycles. The lowest BCUT2D eigenvalue weighted by molar-refractivity contribution is -0.673. The molecule has 4 aromatic carbocycles. The number of aromatic nitrogens is 2. The summed E-state index contributed by atoms with van der Waals surface area (Å²) < 4.78 is 4.26. The number of anilines is 2. The minimum Gasteiger partial charge on any atom is -0.366 e. The molecule has 0 unspecified atom stereocenters. The van der Waals surface area contributed by atoms with Gasteiger partial charge in [0.2, 0.25) is 11.4 Å². The summed E-state index contributed by atoms with van der Waals surface area (Å²) in [6.45, 7) is 3.73. The molecule has 0 radical (unpaired) electrons. The predicted molar refractivity (Wildman–Crippen MR) is 226 cm³/mol. The Hall–Kier alpha value is -5.04. The molecule has 0 aliphatic rings. The zero-order chi connectivity index (χ0) is 35.8. The summed E-state index contributed by atoms with van der Waals surface area (Å²) in [5.41, 5.74) is 9.90. The minimum absolute atomic E-state index is 0.890. The lowest BCUT2D eigenvalue weighted by atomic mass is 10.1. The topological polar surface area (TPSA) is 14.2 Å². The molecule has 0 atom stereocenters. The summed E-state index contributed by atoms with van der Waals surface area (Å²) in [6.07, 6.45) is 12.9. The van der Waals surface area contributed by atoms with E-state index in [9.17, 15) is 0 Å². The number of aryl methyl sites for hydroxylation is 2. The van der Waals surface area contributed by atoms with Crippen LogP contribution in [0.5, 0.6) is 0 Å². The molecule has 52 heavy (non-hydrogen) atoms. The smallest absolute Gasteiger partial charge is 0.204 e. The van der Waals surface area contributed by atoms with Crippen molar-refractivity contribution in [2.45, 2.75) is 13.1 Å². The third-order valence-corrected chi connectivity index (χ3v) is 11.4. The molecule has 6 aromatic rings. The van der Waals surface area contributed by atoms with E-state index >= 15 is 0 Å². The third-order valence-electron chi connectivity index (χ3n) is 9.00. The number of nitrogens with zero attached hydrogens (tertiary/aromatic N) is 4. The molecule has 4 nitrogen and oxygen atoms in total. The van der Waals surface area contributed by atoms with Crippen molar-refractivity contribution in [2.24, 2.45) is 14.1 Å². The molecule has 0 N–H and O–H groups in total. The van der Waals surface area contributed by atoms with Gasteiger partial charge in [0.1, 0.15) is 14.1 Å². The number of pyridine rings is 2. The molecule has 6 heteroatoms. The number of hydrogen-bond acceptors (Lipinski definition) is 4. The van der Waals surface area contributed by atoms with Gasteiger partial charge in [-0.3, -0.25) is 0 Å². The SMILES string of the molecule is C[n+]1ccccc1/C=C/c1ccc(N(CCSSCCN(Cc2ccccc2)c2ccc(/C=C/c3cccc[n+]3C)cc2)Cc2ccccc2)cc1. The van der Waals surface area contributed by atoms with Crippen molar-refractivity contribution in [1.82, 2.24) is 0 Å². The van der Waals surface area contributed by atoms with Gasteiger partial charge in [0, 0.05) is 85.5 Å². The lowest BCUT2D eigenvalue weighted by Gasteiger charge is -2.26. The predicted octanol–water partition coefficient (Wildman–Crippen LogP) is 9.77. The van der Waals surface area contributed by atoms with Crippen LogP contribution in [0.2, 0.25) is 0 Å². The summed E-state index contributed by atoms with van der Waals surface area (Å²) in [7, 11) is 8.10. The van der Waals surface area contributed by atoms with Crippen molar-refractivity contribution in [2.75, 3.05) is 34.4 Å². The van der Waals surface area contributed by atoms with Crippen LogP contribution in [-0.2, 0) is 27.2 Å². The van der Waals surface area contributed by atoms with Crippen LogP contribution in [0.15, 0.2) is 158 Å². The van der Waals surface area contributed by atoms with Gasteiger partial charge >= 0.3 is 0 Å². The Balaban J connectivity index is 1.05. The van der Waals surface area contributed by atoms with Crippen molar-refractivity contribution in [3.63, 3.8) is 0 Å². The second-order valence-corrected chi connectivity index (χ2v) is 15.5. The zero-order valence-electron chi connectivity index (χ0n) is 30.2. The minimum atomic E-state index is 0.890. The van der Waals surface area contributed by atoms with E-state index in [0.29, 0.717) is 0 Å². The Morgan fingerprint density at radius 2 is 0.827 bits per heavy atom. The maximum absolute atomic E-state index is 2.50. The first-order valence-electron chi connectivity index (χ1n) is 17.9. The van der Waals surface area contributed by atoms with Gasteiger partial charge < -0.3 is 9.80 Å². The van der Waals surface area contributed by atoms with E-state index in [1.807, 2.05) is 21.6 Å². The molecule has 0 saturated carbocycles. The van der Waals surface area contributed by atoms with Gasteiger partial charge in [-0.15, -0.1) is 0 Å². The molecule has 0 aliphatic carbocycles. The Morgan fingerprint density at radius 1 is 0.442 bits per heavy atom. The van der Waals surface area contributed by atoms with E-state index in [1.54, 1.807) is 0 Å². The second-order valence-electron chi connectivity index (χ2n) is 12.8. The van der Waals surface area contributed by atoms with E-state index in [1.165, 1.54) is 45.0 Å². The Labute approximate surface area is 318 Å². The van der Waals surface area contributed by atoms with Crippen molar-refractivity contribution < 1.29 is 9.13 Å². The molecular weight excluding hydrogens is 673 g/mol. The van der Waals surface area contributed by atoms with Crippen LogP contribution in [0.25, 0.3) is 24.3 Å². The summed E-state index contributed by atoms with van der Waals surface area (Å²) >= 11 is 0. The summed E-state index contributed by atoms with van der Waals surface area (Å²) in [5, 5.41) is 0. The molecule has 0 amide bonds. The summed E-state index contributed by atoms with van der Waals surface area (Å²) in [5.74, 6) is 2.09. The van der Waals surface area contributed by atoms with E-state index < -0.39 is 0 Å². The van der Waals surface area contributed by atoms with Gasteiger partial charge in [0.25, 0.3) is 0 Å². The fourth-order valence-electron chi connectivity index (χ4n) is 5.99. The average molecular weight is 721 g/mol. The van der Waals surface area contributed by atoms with Crippen molar-refractivity contribution in [1.29, 1.82) is 0 Å². The normalized spacial score (nSPS) is 11.3. The fraction of sp³-hybridized carbons (Fsp3) is 0.174. The Morgan fingerprint density at radius 3 is 1.21 bits per heavy atom. The quantitative estimate of drug-likeness (QED) is 0.0529. The Bertz CT molecular complexity index is 1860. The van der Waals surface area contributed by atoms with Crippen molar-refractivity contribution in [3.8, 4) is 0 Å². The van der Waals surface area contributed by atoms with Gasteiger partial charge in [-0.1, -0.05) is 107 Å². The number of benzene rings is 4. The van der Waals surface area contributed by atoms with E-state index in [0.717, 1.165) is 37.7 Å². The van der Waals surface area contributed by atoms with Crippen LogP contribution in [0.4, 0.5) is 11.4 Å². The molecule has 2 heterocycles. The molecule has 0 saturated heterocycles. The Kier molecular flexibility index (Phi) is 13.8. The first-order valence-corrected chi connectivity index (χ1v) is 20.4. The van der Waals surface area contributed by atoms with Crippen LogP contribution in [0.3, 0.4) is 0 Å². The maximum Gasteiger partial charge on any atom is 0.204 e. The zero-order valence-corrected chi connectivity index (χ0v) is 31.8. The highest BCUT2D eigenvalue weighted by molar-refractivity contribution is 8.76. The molecule has 262 valence electrons. The van der Waals surface area contributed by atoms with Crippen LogP contribution < -0.4 is 18.9 Å². The standard InChI is InChI=1S/C46H48N4S2/c1-47-31-11-9-17-43(47)25-19-39-21-27-45(28-22-39)49(37-41-13-5-3-6-14-41)33-35-51-52-36-34-50(38-42-15-7-4-8-16-42)46-29-23-40(24-30-46)20-26-44-18-10-12-32-48(44)2/h3-32H,33-38H2,1-2H3/q+2. The molecule has 6 rings (SSSR count). The van der Waals surface area contributed by atoms with Gasteiger partial charge in [-0.05, 0) is 70.8 Å². The first-order chi connectivity index (χ1) is 25.6. The second kappa shape index (κ2) is 19.5. The van der Waals surface area contributed by atoms with Gasteiger partial charge in [-0.2, -0.15) is 0 Å². The number of rotatable bonds is 17. The lowest BCUT2D eigenvalue weighted by Crippen LogP contribution is -2.30. The molecule has 0 spiro atoms. The van der Waals surface area contributed by atoms with E-state index in [4.69, 9.17) is 0 Å². The monoisotopic (exact) mass is 720 g/mol.